The molecular formula is C13H17BrN2O3. The van der Waals surface area contributed by atoms with Crippen LogP contribution in [0.5, 0.6) is 0 Å². The van der Waals surface area contributed by atoms with Gasteiger partial charge in [0.2, 0.25) is 5.91 Å². The highest BCUT2D eigenvalue weighted by Crippen LogP contribution is 2.15. The first-order chi connectivity index (χ1) is 9.04. The van der Waals surface area contributed by atoms with Crippen LogP contribution in [0.15, 0.2) is 22.7 Å². The summed E-state index contributed by atoms with van der Waals surface area (Å²) in [5, 5.41) is 5.21. The molecule has 0 aromatic heterocycles. The van der Waals surface area contributed by atoms with E-state index in [0.29, 0.717) is 18.7 Å². The smallest absolute Gasteiger partial charge is 0.251 e. The molecule has 0 fully saturated rings. The van der Waals surface area contributed by atoms with Gasteiger partial charge in [0.1, 0.15) is 0 Å². The van der Waals surface area contributed by atoms with Gasteiger partial charge in [-0.2, -0.15) is 0 Å². The third-order valence-corrected chi connectivity index (χ3v) is 2.96. The topological polar surface area (TPSA) is 67.4 Å². The first-order valence-electron chi connectivity index (χ1n) is 5.84. The lowest BCUT2D eigenvalue weighted by atomic mass is 10.1. The third kappa shape index (κ3) is 5.40. The molecule has 0 radical (unpaired) electrons. The molecule has 0 saturated carbocycles. The second kappa shape index (κ2) is 7.91. The molecule has 0 unspecified atom stereocenters. The van der Waals surface area contributed by atoms with Crippen LogP contribution >= 0.6 is 15.9 Å². The summed E-state index contributed by atoms with van der Waals surface area (Å²) in [5.41, 5.74) is 1.42. The maximum atomic E-state index is 11.9. The molecule has 0 saturated heterocycles. The van der Waals surface area contributed by atoms with Crippen molar-refractivity contribution in [2.75, 3.05) is 26.8 Å². The average Bonchev–Trinajstić information content (AvgIpc) is 2.36. The Morgan fingerprint density at radius 2 is 2.05 bits per heavy atom. The van der Waals surface area contributed by atoms with E-state index < -0.39 is 0 Å². The minimum Gasteiger partial charge on any atom is -0.383 e. The standard InChI is InChI=1S/C13H17BrN2O3/c1-9-7-10(14)3-4-11(9)13(18)16-8-12(17)15-5-6-19-2/h3-4,7H,5-6,8H2,1-2H3,(H,15,17)(H,16,18). The Morgan fingerprint density at radius 1 is 1.32 bits per heavy atom. The van der Waals surface area contributed by atoms with Crippen molar-refractivity contribution in [1.29, 1.82) is 0 Å². The largest absolute Gasteiger partial charge is 0.383 e. The maximum absolute atomic E-state index is 11.9. The first-order valence-corrected chi connectivity index (χ1v) is 6.64. The molecule has 104 valence electrons. The molecule has 19 heavy (non-hydrogen) atoms. The van der Waals surface area contributed by atoms with Gasteiger partial charge in [0, 0.05) is 23.7 Å². The van der Waals surface area contributed by atoms with Crippen LogP contribution in [-0.2, 0) is 9.53 Å². The van der Waals surface area contributed by atoms with Crippen molar-refractivity contribution >= 4 is 27.7 Å². The Bertz CT molecular complexity index is 463. The van der Waals surface area contributed by atoms with E-state index >= 15 is 0 Å². The fourth-order valence-electron chi connectivity index (χ4n) is 1.49. The Kier molecular flexibility index (Phi) is 6.52. The van der Waals surface area contributed by atoms with E-state index in [4.69, 9.17) is 4.74 Å². The number of methoxy groups -OCH3 is 1. The highest BCUT2D eigenvalue weighted by atomic mass is 79.9. The van der Waals surface area contributed by atoms with E-state index in [0.717, 1.165) is 10.0 Å². The van der Waals surface area contributed by atoms with E-state index in [1.165, 1.54) is 0 Å². The van der Waals surface area contributed by atoms with Crippen LogP contribution in [0.25, 0.3) is 0 Å². The number of aryl methyl sites for hydroxylation is 1. The molecule has 0 aliphatic rings. The number of hydrogen-bond donors (Lipinski definition) is 2. The monoisotopic (exact) mass is 328 g/mol. The fourth-order valence-corrected chi connectivity index (χ4v) is 1.97. The van der Waals surface area contributed by atoms with E-state index in [1.54, 1.807) is 19.2 Å². The number of benzene rings is 1. The molecule has 1 aromatic rings. The van der Waals surface area contributed by atoms with Crippen LogP contribution in [0.4, 0.5) is 0 Å². The number of ether oxygens (including phenoxy) is 1. The average molecular weight is 329 g/mol. The van der Waals surface area contributed by atoms with Crippen molar-refractivity contribution in [3.05, 3.63) is 33.8 Å². The lowest BCUT2D eigenvalue weighted by molar-refractivity contribution is -0.120. The van der Waals surface area contributed by atoms with Gasteiger partial charge in [0.15, 0.2) is 0 Å². The molecule has 0 atom stereocenters. The fraction of sp³-hybridized carbons (Fsp3) is 0.385. The summed E-state index contributed by atoms with van der Waals surface area (Å²) < 4.78 is 5.72. The molecule has 1 rings (SSSR count). The molecule has 0 bridgehead atoms. The number of amides is 2. The zero-order chi connectivity index (χ0) is 14.3. The minimum atomic E-state index is -0.258. The number of carbonyl (C=O) groups excluding carboxylic acids is 2. The number of carbonyl (C=O) groups is 2. The van der Waals surface area contributed by atoms with Crippen LogP contribution in [-0.4, -0.2) is 38.6 Å². The second-order valence-corrected chi connectivity index (χ2v) is 4.90. The molecule has 6 heteroatoms. The highest BCUT2D eigenvalue weighted by molar-refractivity contribution is 9.10. The molecule has 0 heterocycles. The van der Waals surface area contributed by atoms with E-state index in [-0.39, 0.29) is 18.4 Å². The van der Waals surface area contributed by atoms with Crippen molar-refractivity contribution in [3.63, 3.8) is 0 Å². The predicted octanol–water partition coefficient (Wildman–Crippen LogP) is 1.25. The lowest BCUT2D eigenvalue weighted by Crippen LogP contribution is -2.38. The van der Waals surface area contributed by atoms with Gasteiger partial charge in [-0.25, -0.2) is 0 Å². The quantitative estimate of drug-likeness (QED) is 0.772. The number of rotatable bonds is 6. The maximum Gasteiger partial charge on any atom is 0.251 e. The van der Waals surface area contributed by atoms with Crippen LogP contribution in [0.1, 0.15) is 15.9 Å². The van der Waals surface area contributed by atoms with Crippen LogP contribution in [0, 0.1) is 6.92 Å². The predicted molar refractivity (Wildman–Crippen MR) is 76.1 cm³/mol. The zero-order valence-electron chi connectivity index (χ0n) is 11.0. The normalized spacial score (nSPS) is 10.1. The third-order valence-electron chi connectivity index (χ3n) is 2.47. The highest BCUT2D eigenvalue weighted by Gasteiger charge is 2.10. The molecule has 0 aliphatic heterocycles. The lowest BCUT2D eigenvalue weighted by Gasteiger charge is -2.08. The summed E-state index contributed by atoms with van der Waals surface area (Å²) in [4.78, 5) is 23.3. The summed E-state index contributed by atoms with van der Waals surface area (Å²) in [6, 6.07) is 5.37. The van der Waals surface area contributed by atoms with Gasteiger partial charge < -0.3 is 15.4 Å². The van der Waals surface area contributed by atoms with Crippen LogP contribution in [0.2, 0.25) is 0 Å². The summed E-state index contributed by atoms with van der Waals surface area (Å²) >= 11 is 3.34. The number of hydrogen-bond acceptors (Lipinski definition) is 3. The molecule has 5 nitrogen and oxygen atoms in total. The Morgan fingerprint density at radius 3 is 2.68 bits per heavy atom. The van der Waals surface area contributed by atoms with Gasteiger partial charge in [-0.3, -0.25) is 9.59 Å². The van der Waals surface area contributed by atoms with Gasteiger partial charge >= 0.3 is 0 Å². The summed E-state index contributed by atoms with van der Waals surface area (Å²) in [6.07, 6.45) is 0. The molecule has 2 amide bonds. The van der Waals surface area contributed by atoms with Gasteiger partial charge in [-0.1, -0.05) is 15.9 Å². The Balaban J connectivity index is 2.45. The van der Waals surface area contributed by atoms with Crippen LogP contribution < -0.4 is 10.6 Å². The van der Waals surface area contributed by atoms with Gasteiger partial charge in [0.05, 0.1) is 13.2 Å². The van der Waals surface area contributed by atoms with E-state index in [9.17, 15) is 9.59 Å². The molecule has 2 N–H and O–H groups in total. The second-order valence-electron chi connectivity index (χ2n) is 3.98. The van der Waals surface area contributed by atoms with Gasteiger partial charge in [-0.05, 0) is 30.7 Å². The van der Waals surface area contributed by atoms with Crippen molar-refractivity contribution in [2.45, 2.75) is 6.92 Å². The van der Waals surface area contributed by atoms with Crippen molar-refractivity contribution < 1.29 is 14.3 Å². The van der Waals surface area contributed by atoms with E-state index in [2.05, 4.69) is 26.6 Å². The molecule has 1 aromatic carbocycles. The van der Waals surface area contributed by atoms with Gasteiger partial charge in [0.25, 0.3) is 5.91 Å². The molecule has 0 aliphatic carbocycles. The summed E-state index contributed by atoms with van der Waals surface area (Å²) in [7, 11) is 1.56. The number of nitrogens with one attached hydrogen (secondary N) is 2. The molecule has 0 spiro atoms. The Labute approximate surface area is 120 Å². The number of halogens is 1. The van der Waals surface area contributed by atoms with Crippen molar-refractivity contribution in [3.8, 4) is 0 Å². The SMILES string of the molecule is COCCNC(=O)CNC(=O)c1ccc(Br)cc1C. The molecular weight excluding hydrogens is 312 g/mol. The van der Waals surface area contributed by atoms with Crippen molar-refractivity contribution in [2.24, 2.45) is 0 Å². The van der Waals surface area contributed by atoms with Gasteiger partial charge in [-0.15, -0.1) is 0 Å². The first kappa shape index (κ1) is 15.7. The van der Waals surface area contributed by atoms with Crippen LogP contribution in [0.3, 0.4) is 0 Å². The summed E-state index contributed by atoms with van der Waals surface area (Å²) in [6.45, 7) is 2.68. The Hall–Kier alpha value is -1.40. The minimum absolute atomic E-state index is 0.0436. The summed E-state index contributed by atoms with van der Waals surface area (Å²) in [5.74, 6) is -0.493. The zero-order valence-corrected chi connectivity index (χ0v) is 12.5. The van der Waals surface area contributed by atoms with Crippen molar-refractivity contribution in [1.82, 2.24) is 10.6 Å². The van der Waals surface area contributed by atoms with E-state index in [1.807, 2.05) is 13.0 Å².